The molecule has 28 heavy (non-hydrogen) atoms. The summed E-state index contributed by atoms with van der Waals surface area (Å²) in [4.78, 5) is 18.8. The maximum atomic E-state index is 13.6. The molecule has 1 amide bonds. The fraction of sp³-hybridized carbons (Fsp3) is 0.250. The molecule has 0 saturated heterocycles. The second kappa shape index (κ2) is 8.43. The maximum Gasteiger partial charge on any atom is 0.237 e. The lowest BCUT2D eigenvalue weighted by molar-refractivity contribution is -0.116. The lowest BCUT2D eigenvalue weighted by Gasteiger charge is -2.29. The van der Waals surface area contributed by atoms with Crippen molar-refractivity contribution in [2.45, 2.75) is 24.6 Å². The number of aromatic amines is 1. The fourth-order valence-corrected chi connectivity index (χ4v) is 3.81. The normalized spacial score (nSPS) is 13.2. The Bertz CT molecular complexity index is 978. The van der Waals surface area contributed by atoms with E-state index in [2.05, 4.69) is 21.2 Å². The number of H-pyrrole nitrogens is 1. The number of rotatable bonds is 6. The molecule has 0 saturated carbocycles. The Morgan fingerprint density at radius 2 is 2.04 bits per heavy atom. The third-order valence-electron chi connectivity index (χ3n) is 4.45. The summed E-state index contributed by atoms with van der Waals surface area (Å²) in [7, 11) is 0. The molecule has 0 spiro atoms. The third kappa shape index (κ3) is 4.17. The molecule has 1 aliphatic heterocycles. The molecule has 144 valence electrons. The van der Waals surface area contributed by atoms with Crippen LogP contribution in [0.3, 0.4) is 0 Å². The van der Waals surface area contributed by atoms with Gasteiger partial charge in [-0.3, -0.25) is 9.89 Å². The summed E-state index contributed by atoms with van der Waals surface area (Å²) in [6, 6.07) is 14.2. The van der Waals surface area contributed by atoms with Gasteiger partial charge in [0.05, 0.1) is 5.75 Å². The van der Waals surface area contributed by atoms with Crippen LogP contribution in [0, 0.1) is 5.82 Å². The number of nitrogens with zero attached hydrogens (tertiary/aromatic N) is 3. The molecular weight excluding hydrogens is 379 g/mol. The average Bonchev–Trinajstić information content (AvgIpc) is 3.19. The molecule has 0 radical (unpaired) electrons. The Balaban J connectivity index is 1.32. The highest BCUT2D eigenvalue weighted by Gasteiger charge is 2.22. The first-order valence-electron chi connectivity index (χ1n) is 9.00. The van der Waals surface area contributed by atoms with Crippen LogP contribution in [0.1, 0.15) is 17.8 Å². The van der Waals surface area contributed by atoms with Gasteiger partial charge in [0.1, 0.15) is 6.61 Å². The number of ether oxygens (including phenoxy) is 1. The van der Waals surface area contributed by atoms with Gasteiger partial charge in [0.15, 0.2) is 17.4 Å². The van der Waals surface area contributed by atoms with Gasteiger partial charge in [-0.05, 0) is 36.6 Å². The molecule has 0 bridgehead atoms. The zero-order valence-electron chi connectivity index (χ0n) is 15.1. The zero-order chi connectivity index (χ0) is 19.3. The van der Waals surface area contributed by atoms with Crippen molar-refractivity contribution in [2.75, 3.05) is 17.2 Å². The number of carbonyl (C=O) groups excluding carboxylic acids is 1. The number of nitrogens with one attached hydrogen (secondary N) is 1. The second-order valence-electron chi connectivity index (χ2n) is 6.35. The van der Waals surface area contributed by atoms with Crippen LogP contribution in [0.2, 0.25) is 0 Å². The number of para-hydroxylation sites is 2. The van der Waals surface area contributed by atoms with Gasteiger partial charge in [0.2, 0.25) is 11.1 Å². The van der Waals surface area contributed by atoms with Crippen molar-refractivity contribution >= 4 is 23.4 Å². The van der Waals surface area contributed by atoms with E-state index in [1.165, 1.54) is 23.4 Å². The number of carbonyl (C=O) groups is 1. The van der Waals surface area contributed by atoms with Gasteiger partial charge in [-0.2, -0.15) is 0 Å². The van der Waals surface area contributed by atoms with Crippen molar-refractivity contribution < 1.29 is 13.9 Å². The Labute approximate surface area is 166 Å². The molecule has 6 nitrogen and oxygen atoms in total. The molecule has 3 aromatic rings. The number of thioether (sulfide) groups is 1. The molecule has 0 unspecified atom stereocenters. The summed E-state index contributed by atoms with van der Waals surface area (Å²) in [6.07, 6.45) is 1.96. The molecule has 2 aromatic carbocycles. The van der Waals surface area contributed by atoms with E-state index in [9.17, 15) is 9.18 Å². The van der Waals surface area contributed by atoms with Gasteiger partial charge in [0, 0.05) is 12.2 Å². The van der Waals surface area contributed by atoms with Crippen LogP contribution in [0.15, 0.2) is 53.7 Å². The molecule has 1 aromatic heterocycles. The zero-order valence-corrected chi connectivity index (χ0v) is 15.9. The van der Waals surface area contributed by atoms with Gasteiger partial charge < -0.3 is 9.64 Å². The highest BCUT2D eigenvalue weighted by Crippen LogP contribution is 2.27. The number of amides is 1. The predicted octanol–water partition coefficient (Wildman–Crippen LogP) is 3.59. The van der Waals surface area contributed by atoms with Crippen LogP contribution in [0.5, 0.6) is 5.75 Å². The maximum absolute atomic E-state index is 13.6. The summed E-state index contributed by atoms with van der Waals surface area (Å²) < 4.78 is 19.0. The van der Waals surface area contributed by atoms with E-state index in [1.54, 1.807) is 18.2 Å². The molecule has 1 N–H and O–H groups in total. The topological polar surface area (TPSA) is 71.1 Å². The standard InChI is InChI=1S/C20H19FN4O2S/c21-15-8-2-4-10-17(15)27-12-18-22-20(24-23-18)28-13-19(26)25-11-5-7-14-6-1-3-9-16(14)25/h1-4,6,8-10H,5,7,11-13H2,(H,22,23,24). The van der Waals surface area contributed by atoms with Crippen molar-refractivity contribution in [3.8, 4) is 5.75 Å². The Morgan fingerprint density at radius 1 is 1.21 bits per heavy atom. The molecule has 8 heteroatoms. The largest absolute Gasteiger partial charge is 0.483 e. The Morgan fingerprint density at radius 3 is 2.93 bits per heavy atom. The number of aromatic nitrogens is 3. The van der Waals surface area contributed by atoms with Crippen molar-refractivity contribution in [2.24, 2.45) is 0 Å². The van der Waals surface area contributed by atoms with Crippen molar-refractivity contribution in [3.05, 3.63) is 65.7 Å². The smallest absolute Gasteiger partial charge is 0.237 e. The number of hydrogen-bond acceptors (Lipinski definition) is 5. The average molecular weight is 398 g/mol. The summed E-state index contributed by atoms with van der Waals surface area (Å²) in [6.45, 7) is 0.800. The second-order valence-corrected chi connectivity index (χ2v) is 7.29. The van der Waals surface area contributed by atoms with Crippen LogP contribution in [-0.2, 0) is 17.8 Å². The SMILES string of the molecule is O=C(CSc1n[nH]c(COc2ccccc2F)n1)N1CCCc2ccccc21. The van der Waals surface area contributed by atoms with Crippen molar-refractivity contribution in [1.29, 1.82) is 0 Å². The van der Waals surface area contributed by atoms with Crippen LogP contribution in [-0.4, -0.2) is 33.4 Å². The number of hydrogen-bond donors (Lipinski definition) is 1. The lowest BCUT2D eigenvalue weighted by Crippen LogP contribution is -2.36. The molecule has 0 atom stereocenters. The first-order valence-corrected chi connectivity index (χ1v) is 9.99. The number of halogens is 1. The summed E-state index contributed by atoms with van der Waals surface area (Å²) in [5.74, 6) is 0.489. The number of fused-ring (bicyclic) bond motifs is 1. The van der Waals surface area contributed by atoms with E-state index < -0.39 is 5.82 Å². The van der Waals surface area contributed by atoms with E-state index in [1.807, 2.05) is 23.1 Å². The van der Waals surface area contributed by atoms with Gasteiger partial charge in [-0.15, -0.1) is 5.10 Å². The minimum atomic E-state index is -0.427. The van der Waals surface area contributed by atoms with Crippen molar-refractivity contribution in [3.63, 3.8) is 0 Å². The predicted molar refractivity (Wildman–Crippen MR) is 105 cm³/mol. The van der Waals surface area contributed by atoms with E-state index in [-0.39, 0.29) is 24.0 Å². The number of aryl methyl sites for hydroxylation is 1. The quantitative estimate of drug-likeness (QED) is 0.643. The minimum Gasteiger partial charge on any atom is -0.483 e. The fourth-order valence-electron chi connectivity index (χ4n) is 3.11. The molecule has 4 rings (SSSR count). The highest BCUT2D eigenvalue weighted by atomic mass is 32.2. The Hall–Kier alpha value is -2.87. The van der Waals surface area contributed by atoms with Crippen LogP contribution >= 0.6 is 11.8 Å². The molecule has 1 aliphatic rings. The van der Waals surface area contributed by atoms with E-state index >= 15 is 0 Å². The molecule has 2 heterocycles. The van der Waals surface area contributed by atoms with Crippen molar-refractivity contribution in [1.82, 2.24) is 15.2 Å². The number of anilines is 1. The summed E-state index contributed by atoms with van der Waals surface area (Å²) >= 11 is 1.27. The molecular formula is C20H19FN4O2S. The molecule has 0 aliphatic carbocycles. The first kappa shape index (κ1) is 18.5. The van der Waals surface area contributed by atoms with Crippen LogP contribution < -0.4 is 9.64 Å². The number of benzene rings is 2. The van der Waals surface area contributed by atoms with Gasteiger partial charge in [-0.1, -0.05) is 42.1 Å². The first-order chi connectivity index (χ1) is 13.7. The van der Waals surface area contributed by atoms with Gasteiger partial charge >= 0.3 is 0 Å². The van der Waals surface area contributed by atoms with Crippen LogP contribution in [0.4, 0.5) is 10.1 Å². The minimum absolute atomic E-state index is 0.0334. The highest BCUT2D eigenvalue weighted by molar-refractivity contribution is 7.99. The monoisotopic (exact) mass is 398 g/mol. The van der Waals surface area contributed by atoms with Crippen LogP contribution in [0.25, 0.3) is 0 Å². The molecule has 0 fully saturated rings. The summed E-state index contributed by atoms with van der Waals surface area (Å²) in [5.41, 5.74) is 2.20. The lowest BCUT2D eigenvalue weighted by atomic mass is 10.0. The van der Waals surface area contributed by atoms with Gasteiger partial charge in [0.25, 0.3) is 0 Å². The Kier molecular flexibility index (Phi) is 5.57. The van der Waals surface area contributed by atoms with E-state index in [0.717, 1.165) is 25.1 Å². The third-order valence-corrected chi connectivity index (χ3v) is 5.28. The van der Waals surface area contributed by atoms with E-state index in [0.29, 0.717) is 11.0 Å². The van der Waals surface area contributed by atoms with E-state index in [4.69, 9.17) is 4.74 Å². The van der Waals surface area contributed by atoms with Gasteiger partial charge in [-0.25, -0.2) is 9.37 Å². The summed E-state index contributed by atoms with van der Waals surface area (Å²) in [5, 5.41) is 7.32.